The Hall–Kier alpha value is -2.44. The zero-order valence-electron chi connectivity index (χ0n) is 15.9. The summed E-state index contributed by atoms with van der Waals surface area (Å²) in [4.78, 5) is 26.8. The van der Waals surface area contributed by atoms with E-state index in [0.29, 0.717) is 47.3 Å². The quantitative estimate of drug-likeness (QED) is 0.744. The number of nitrogens with zero attached hydrogens (tertiary/aromatic N) is 1. The Kier molecular flexibility index (Phi) is 6.87. The van der Waals surface area contributed by atoms with E-state index < -0.39 is 6.10 Å². The molecular formula is C21H22Cl2N2O4. The average Bonchev–Trinajstić information content (AvgIpc) is 2.71. The summed E-state index contributed by atoms with van der Waals surface area (Å²) in [6.45, 7) is 2.77. The van der Waals surface area contributed by atoms with Crippen LogP contribution in [0.25, 0.3) is 0 Å². The first kappa shape index (κ1) is 21.3. The lowest BCUT2D eigenvalue weighted by atomic mass is 10.0. The van der Waals surface area contributed by atoms with Crippen molar-refractivity contribution in [1.82, 2.24) is 10.2 Å². The van der Waals surface area contributed by atoms with E-state index in [-0.39, 0.29) is 23.6 Å². The van der Waals surface area contributed by atoms with Crippen LogP contribution in [0.15, 0.2) is 42.5 Å². The molecule has 1 aliphatic heterocycles. The molecule has 154 valence electrons. The minimum absolute atomic E-state index is 0.0191. The molecule has 1 heterocycles. The first-order valence-electron chi connectivity index (χ1n) is 9.34. The minimum atomic E-state index is -0.637. The summed E-state index contributed by atoms with van der Waals surface area (Å²) in [5.41, 5.74) is 0.453. The molecule has 3 rings (SSSR count). The highest BCUT2D eigenvalue weighted by molar-refractivity contribution is 6.42. The topological polar surface area (TPSA) is 78.9 Å². The van der Waals surface area contributed by atoms with Gasteiger partial charge in [0.25, 0.3) is 11.8 Å². The second kappa shape index (κ2) is 9.37. The number of hydrogen-bond acceptors (Lipinski definition) is 4. The number of nitrogens with one attached hydrogen (secondary N) is 1. The van der Waals surface area contributed by atoms with Crippen molar-refractivity contribution in [1.29, 1.82) is 0 Å². The second-order valence-corrected chi connectivity index (χ2v) is 7.77. The van der Waals surface area contributed by atoms with Crippen LogP contribution >= 0.6 is 23.2 Å². The van der Waals surface area contributed by atoms with E-state index in [1.54, 1.807) is 42.2 Å². The molecule has 0 radical (unpaired) electrons. The minimum Gasteiger partial charge on any atom is -0.508 e. The first-order chi connectivity index (χ1) is 13.8. The van der Waals surface area contributed by atoms with Crippen molar-refractivity contribution in [3.8, 4) is 11.5 Å². The van der Waals surface area contributed by atoms with E-state index in [1.807, 2.05) is 0 Å². The molecule has 1 saturated heterocycles. The summed E-state index contributed by atoms with van der Waals surface area (Å²) in [5.74, 6) is 0.346. The molecule has 1 fully saturated rings. The van der Waals surface area contributed by atoms with Crippen molar-refractivity contribution < 1.29 is 19.4 Å². The number of hydrogen-bond donors (Lipinski definition) is 2. The fraction of sp³-hybridized carbons (Fsp3) is 0.333. The number of likely N-dealkylation sites (tertiary alicyclic amines) is 1. The number of ether oxygens (including phenoxy) is 1. The van der Waals surface area contributed by atoms with Crippen LogP contribution in [-0.4, -0.2) is 47.1 Å². The van der Waals surface area contributed by atoms with Gasteiger partial charge < -0.3 is 20.1 Å². The van der Waals surface area contributed by atoms with Crippen LogP contribution in [0.3, 0.4) is 0 Å². The van der Waals surface area contributed by atoms with Gasteiger partial charge in [-0.25, -0.2) is 0 Å². The molecule has 2 N–H and O–H groups in total. The number of rotatable bonds is 5. The van der Waals surface area contributed by atoms with Gasteiger partial charge in [-0.2, -0.15) is 0 Å². The molecular weight excluding hydrogens is 415 g/mol. The number of benzene rings is 2. The number of phenols is 1. The van der Waals surface area contributed by atoms with Crippen LogP contribution in [-0.2, 0) is 4.79 Å². The molecule has 1 atom stereocenters. The highest BCUT2D eigenvalue weighted by Crippen LogP contribution is 2.23. The molecule has 8 heteroatoms. The van der Waals surface area contributed by atoms with Gasteiger partial charge in [0.1, 0.15) is 11.5 Å². The summed E-state index contributed by atoms with van der Waals surface area (Å²) < 4.78 is 5.66. The van der Waals surface area contributed by atoms with E-state index >= 15 is 0 Å². The Morgan fingerprint density at radius 3 is 2.38 bits per heavy atom. The Morgan fingerprint density at radius 2 is 1.76 bits per heavy atom. The number of phenolic OH excluding ortho intramolecular Hbond substituents is 1. The first-order valence-corrected chi connectivity index (χ1v) is 10.1. The van der Waals surface area contributed by atoms with Crippen molar-refractivity contribution in [2.24, 2.45) is 0 Å². The average molecular weight is 437 g/mol. The maximum atomic E-state index is 12.6. The number of amides is 2. The Morgan fingerprint density at radius 1 is 1.10 bits per heavy atom. The van der Waals surface area contributed by atoms with Gasteiger partial charge in [-0.15, -0.1) is 0 Å². The third-order valence-corrected chi connectivity index (χ3v) is 5.56. The Balaban J connectivity index is 1.49. The molecule has 0 bridgehead atoms. The van der Waals surface area contributed by atoms with Gasteiger partial charge >= 0.3 is 0 Å². The van der Waals surface area contributed by atoms with E-state index in [0.717, 1.165) is 0 Å². The highest BCUT2D eigenvalue weighted by atomic mass is 35.5. The van der Waals surface area contributed by atoms with Gasteiger partial charge in [0.2, 0.25) is 0 Å². The van der Waals surface area contributed by atoms with Gasteiger partial charge in [-0.05, 0) is 62.2 Å². The van der Waals surface area contributed by atoms with Crippen LogP contribution in [0.4, 0.5) is 0 Å². The number of piperidine rings is 1. The third kappa shape index (κ3) is 5.55. The molecule has 1 aliphatic rings. The van der Waals surface area contributed by atoms with E-state index in [1.165, 1.54) is 12.1 Å². The summed E-state index contributed by atoms with van der Waals surface area (Å²) in [5, 5.41) is 13.0. The number of aromatic hydroxyl groups is 1. The van der Waals surface area contributed by atoms with E-state index in [4.69, 9.17) is 27.9 Å². The highest BCUT2D eigenvalue weighted by Gasteiger charge is 2.28. The number of carbonyl (C=O) groups is 2. The molecule has 2 amide bonds. The van der Waals surface area contributed by atoms with Gasteiger partial charge in [-0.1, -0.05) is 23.2 Å². The van der Waals surface area contributed by atoms with Crippen LogP contribution in [0, 0.1) is 0 Å². The van der Waals surface area contributed by atoms with Crippen LogP contribution in [0.5, 0.6) is 11.5 Å². The lowest BCUT2D eigenvalue weighted by Crippen LogP contribution is -2.49. The zero-order valence-corrected chi connectivity index (χ0v) is 17.4. The predicted molar refractivity (Wildman–Crippen MR) is 112 cm³/mol. The Labute approximate surface area is 179 Å². The maximum absolute atomic E-state index is 12.6. The van der Waals surface area contributed by atoms with Gasteiger partial charge in [0.05, 0.1) is 10.0 Å². The molecule has 2 aromatic rings. The monoisotopic (exact) mass is 436 g/mol. The van der Waals surface area contributed by atoms with Gasteiger partial charge in [-0.3, -0.25) is 9.59 Å². The van der Waals surface area contributed by atoms with Gasteiger partial charge in [0, 0.05) is 24.7 Å². The van der Waals surface area contributed by atoms with Crippen molar-refractivity contribution >= 4 is 35.0 Å². The summed E-state index contributed by atoms with van der Waals surface area (Å²) >= 11 is 11.9. The fourth-order valence-corrected chi connectivity index (χ4v) is 3.48. The van der Waals surface area contributed by atoms with Crippen molar-refractivity contribution in [3.05, 3.63) is 58.1 Å². The molecule has 0 aromatic heterocycles. The van der Waals surface area contributed by atoms with Crippen LogP contribution < -0.4 is 10.1 Å². The SMILES string of the molecule is CC(Oc1ccc(O)cc1)C(=O)N1CCC(NC(=O)c2ccc(Cl)c(Cl)c2)CC1. The van der Waals surface area contributed by atoms with Crippen LogP contribution in [0.1, 0.15) is 30.1 Å². The molecule has 6 nitrogen and oxygen atoms in total. The molecule has 0 saturated carbocycles. The van der Waals surface area contributed by atoms with Crippen molar-refractivity contribution in [3.63, 3.8) is 0 Å². The molecule has 2 aromatic carbocycles. The lowest BCUT2D eigenvalue weighted by Gasteiger charge is -2.33. The predicted octanol–water partition coefficient (Wildman–Crippen LogP) is 3.89. The molecule has 1 unspecified atom stereocenters. The third-order valence-electron chi connectivity index (χ3n) is 4.82. The number of halogens is 2. The van der Waals surface area contributed by atoms with Gasteiger partial charge in [0.15, 0.2) is 6.10 Å². The molecule has 29 heavy (non-hydrogen) atoms. The largest absolute Gasteiger partial charge is 0.508 e. The van der Waals surface area contributed by atoms with Crippen LogP contribution in [0.2, 0.25) is 10.0 Å². The number of carbonyl (C=O) groups excluding carboxylic acids is 2. The lowest BCUT2D eigenvalue weighted by molar-refractivity contribution is -0.139. The summed E-state index contributed by atoms with van der Waals surface area (Å²) in [7, 11) is 0. The summed E-state index contributed by atoms with van der Waals surface area (Å²) in [6, 6.07) is 11.0. The molecule has 0 aliphatic carbocycles. The fourth-order valence-electron chi connectivity index (χ4n) is 3.19. The standard InChI is InChI=1S/C21H22Cl2N2O4/c1-13(29-17-5-3-16(26)4-6-17)21(28)25-10-8-15(9-11-25)24-20(27)14-2-7-18(22)19(23)12-14/h2-7,12-13,15,26H,8-11H2,1H3,(H,24,27). The van der Waals surface area contributed by atoms with Crippen molar-refractivity contribution in [2.75, 3.05) is 13.1 Å². The van der Waals surface area contributed by atoms with E-state index in [9.17, 15) is 14.7 Å². The molecule has 0 spiro atoms. The smallest absolute Gasteiger partial charge is 0.263 e. The van der Waals surface area contributed by atoms with Crippen molar-refractivity contribution in [2.45, 2.75) is 31.9 Å². The van der Waals surface area contributed by atoms with E-state index in [2.05, 4.69) is 5.32 Å². The normalized spacial score (nSPS) is 15.6. The zero-order chi connectivity index (χ0) is 21.0. The summed E-state index contributed by atoms with van der Waals surface area (Å²) in [6.07, 6.45) is 0.678. The second-order valence-electron chi connectivity index (χ2n) is 6.96. The Bertz CT molecular complexity index is 881. The maximum Gasteiger partial charge on any atom is 0.263 e.